The molecule has 4 rings (SSSR count). The molecule has 0 saturated carbocycles. The predicted octanol–water partition coefficient (Wildman–Crippen LogP) is 2.90. The first-order valence-corrected chi connectivity index (χ1v) is 10.6. The summed E-state index contributed by atoms with van der Waals surface area (Å²) < 4.78 is 7.01. The Bertz CT molecular complexity index is 790. The van der Waals surface area contributed by atoms with Crippen LogP contribution in [0, 0.1) is 0 Å². The van der Waals surface area contributed by atoms with Crippen molar-refractivity contribution in [2.24, 2.45) is 0 Å². The summed E-state index contributed by atoms with van der Waals surface area (Å²) in [7, 11) is 2.13. The molecule has 2 aromatic rings. The van der Waals surface area contributed by atoms with E-state index in [0.29, 0.717) is 11.7 Å². The highest BCUT2D eigenvalue weighted by molar-refractivity contribution is 5.94. The Labute approximate surface area is 166 Å². The van der Waals surface area contributed by atoms with Crippen molar-refractivity contribution in [1.82, 2.24) is 24.7 Å². The van der Waals surface area contributed by atoms with E-state index in [1.54, 1.807) is 6.26 Å². The monoisotopic (exact) mass is 385 g/mol. The van der Waals surface area contributed by atoms with E-state index in [0.717, 1.165) is 64.0 Å². The molecule has 2 aliphatic rings. The molecule has 3 heterocycles. The van der Waals surface area contributed by atoms with Gasteiger partial charge in [0.2, 0.25) is 0 Å². The van der Waals surface area contributed by atoms with E-state index in [2.05, 4.69) is 24.0 Å². The largest absolute Gasteiger partial charge is 0.364 e. The van der Waals surface area contributed by atoms with E-state index in [-0.39, 0.29) is 5.91 Å². The number of carbonyl (C=O) groups excluding carboxylic acids is 1. The highest BCUT2D eigenvalue weighted by Gasteiger charge is 2.32. The summed E-state index contributed by atoms with van der Waals surface area (Å²) in [5.74, 6) is 0.130. The second-order valence-electron chi connectivity index (χ2n) is 8.10. The maximum Gasteiger partial charge on any atom is 0.274 e. The molecular formula is C21H31N5O2. The molecule has 0 unspecified atom stereocenters. The third-order valence-corrected chi connectivity index (χ3v) is 6.24. The number of likely N-dealkylation sites (tertiary alicyclic amines) is 1. The van der Waals surface area contributed by atoms with Gasteiger partial charge in [-0.25, -0.2) is 0 Å². The van der Waals surface area contributed by atoms with Crippen molar-refractivity contribution in [3.05, 3.63) is 35.0 Å². The maximum absolute atomic E-state index is 13.3. The Morgan fingerprint density at radius 3 is 2.75 bits per heavy atom. The Morgan fingerprint density at radius 1 is 1.29 bits per heavy atom. The normalized spacial score (nSPS) is 20.2. The van der Waals surface area contributed by atoms with Crippen LogP contribution in [0.1, 0.15) is 66.5 Å². The lowest BCUT2D eigenvalue weighted by atomic mass is 9.90. The van der Waals surface area contributed by atoms with Gasteiger partial charge in [0.05, 0.1) is 5.69 Å². The SMILES string of the molecule is CCn1nc(C(=O)N2CCCCCC2)c2c1CC[C@@H](N(C)Cc1ccon1)C2. The second kappa shape index (κ2) is 8.47. The summed E-state index contributed by atoms with van der Waals surface area (Å²) in [6, 6.07) is 2.29. The van der Waals surface area contributed by atoms with Crippen LogP contribution in [0.4, 0.5) is 0 Å². The first-order valence-electron chi connectivity index (χ1n) is 10.6. The summed E-state index contributed by atoms with van der Waals surface area (Å²) >= 11 is 0. The smallest absolute Gasteiger partial charge is 0.274 e. The van der Waals surface area contributed by atoms with E-state index in [1.165, 1.54) is 24.1 Å². The fourth-order valence-corrected chi connectivity index (χ4v) is 4.61. The first kappa shape index (κ1) is 19.2. The third kappa shape index (κ3) is 3.85. The van der Waals surface area contributed by atoms with E-state index >= 15 is 0 Å². The Morgan fingerprint density at radius 2 is 2.07 bits per heavy atom. The van der Waals surface area contributed by atoms with E-state index in [9.17, 15) is 4.79 Å². The minimum absolute atomic E-state index is 0.130. The lowest BCUT2D eigenvalue weighted by molar-refractivity contribution is 0.0753. The average Bonchev–Trinajstić information content (AvgIpc) is 3.26. The van der Waals surface area contributed by atoms with Crippen molar-refractivity contribution in [3.8, 4) is 0 Å². The number of aryl methyl sites for hydroxylation is 1. The summed E-state index contributed by atoms with van der Waals surface area (Å²) in [4.78, 5) is 17.7. The van der Waals surface area contributed by atoms with Crippen LogP contribution in [0.3, 0.4) is 0 Å². The van der Waals surface area contributed by atoms with Gasteiger partial charge in [0.1, 0.15) is 6.26 Å². The zero-order valence-electron chi connectivity index (χ0n) is 17.1. The van der Waals surface area contributed by atoms with Crippen LogP contribution in [0.2, 0.25) is 0 Å². The molecule has 0 radical (unpaired) electrons. The number of aromatic nitrogens is 3. The van der Waals surface area contributed by atoms with Crippen molar-refractivity contribution in [3.63, 3.8) is 0 Å². The van der Waals surface area contributed by atoms with Gasteiger partial charge in [-0.1, -0.05) is 18.0 Å². The van der Waals surface area contributed by atoms with Gasteiger partial charge >= 0.3 is 0 Å². The van der Waals surface area contributed by atoms with Crippen LogP contribution >= 0.6 is 0 Å². The fourth-order valence-electron chi connectivity index (χ4n) is 4.61. The molecule has 0 bridgehead atoms. The topological polar surface area (TPSA) is 67.4 Å². The molecule has 152 valence electrons. The van der Waals surface area contributed by atoms with Crippen molar-refractivity contribution in [1.29, 1.82) is 0 Å². The summed E-state index contributed by atoms with van der Waals surface area (Å²) in [5.41, 5.74) is 4.06. The molecule has 28 heavy (non-hydrogen) atoms. The minimum atomic E-state index is 0.130. The number of hydrogen-bond donors (Lipinski definition) is 0. The molecule has 1 saturated heterocycles. The van der Waals surface area contributed by atoms with Gasteiger partial charge in [-0.2, -0.15) is 5.10 Å². The van der Waals surface area contributed by atoms with Crippen LogP contribution in [0.5, 0.6) is 0 Å². The van der Waals surface area contributed by atoms with Crippen molar-refractivity contribution >= 4 is 5.91 Å². The number of amides is 1. The van der Waals surface area contributed by atoms with Crippen LogP contribution in [0.25, 0.3) is 0 Å². The minimum Gasteiger partial charge on any atom is -0.364 e. The van der Waals surface area contributed by atoms with Crippen molar-refractivity contribution in [2.45, 2.75) is 71.0 Å². The molecule has 7 heteroatoms. The highest BCUT2D eigenvalue weighted by Crippen LogP contribution is 2.29. The molecule has 1 amide bonds. The van der Waals surface area contributed by atoms with Gasteiger partial charge < -0.3 is 9.42 Å². The number of nitrogens with zero attached hydrogens (tertiary/aromatic N) is 5. The molecule has 1 atom stereocenters. The standard InChI is InChI=1S/C21H31N5O2/c1-3-26-19-9-8-17(24(2)15-16-10-13-28-23-16)14-18(19)20(22-26)21(27)25-11-6-4-5-7-12-25/h10,13,17H,3-9,11-12,14-15H2,1-2H3/t17-/m1/s1. The Kier molecular flexibility index (Phi) is 5.80. The van der Waals surface area contributed by atoms with Gasteiger partial charge in [-0.15, -0.1) is 0 Å². The van der Waals surface area contributed by atoms with Crippen molar-refractivity contribution in [2.75, 3.05) is 20.1 Å². The fraction of sp³-hybridized carbons (Fsp3) is 0.667. The maximum atomic E-state index is 13.3. The van der Waals surface area contributed by atoms with Gasteiger partial charge in [0.25, 0.3) is 5.91 Å². The van der Waals surface area contributed by atoms with Crippen LogP contribution in [-0.4, -0.2) is 56.8 Å². The molecule has 7 nitrogen and oxygen atoms in total. The number of fused-ring (bicyclic) bond motifs is 1. The number of hydrogen-bond acceptors (Lipinski definition) is 5. The molecule has 0 N–H and O–H groups in total. The molecule has 1 aliphatic heterocycles. The Hall–Kier alpha value is -2.15. The highest BCUT2D eigenvalue weighted by atomic mass is 16.5. The van der Waals surface area contributed by atoms with Crippen molar-refractivity contribution < 1.29 is 9.32 Å². The second-order valence-corrected chi connectivity index (χ2v) is 8.10. The lowest BCUT2D eigenvalue weighted by Crippen LogP contribution is -2.37. The predicted molar refractivity (Wildman–Crippen MR) is 106 cm³/mol. The number of rotatable bonds is 5. The number of likely N-dealkylation sites (N-methyl/N-ethyl adjacent to an activating group) is 1. The molecular weight excluding hydrogens is 354 g/mol. The van der Waals surface area contributed by atoms with Crippen LogP contribution in [0.15, 0.2) is 16.9 Å². The molecule has 1 fully saturated rings. The third-order valence-electron chi connectivity index (χ3n) is 6.24. The van der Waals surface area contributed by atoms with Crippen LogP contribution < -0.4 is 0 Å². The van der Waals surface area contributed by atoms with Gasteiger partial charge in [0.15, 0.2) is 5.69 Å². The van der Waals surface area contributed by atoms with E-state index in [1.807, 2.05) is 15.6 Å². The zero-order valence-corrected chi connectivity index (χ0v) is 17.1. The Balaban J connectivity index is 1.55. The average molecular weight is 386 g/mol. The molecule has 0 aromatic carbocycles. The summed E-state index contributed by atoms with van der Waals surface area (Å²) in [6.45, 7) is 5.41. The molecule has 1 aliphatic carbocycles. The molecule has 2 aromatic heterocycles. The quantitative estimate of drug-likeness (QED) is 0.792. The van der Waals surface area contributed by atoms with E-state index in [4.69, 9.17) is 9.62 Å². The zero-order chi connectivity index (χ0) is 19.5. The number of carbonyl (C=O) groups is 1. The lowest BCUT2D eigenvalue weighted by Gasteiger charge is -2.31. The first-order chi connectivity index (χ1) is 13.7. The van der Waals surface area contributed by atoms with Gasteiger partial charge in [-0.3, -0.25) is 14.4 Å². The van der Waals surface area contributed by atoms with E-state index < -0.39 is 0 Å². The van der Waals surface area contributed by atoms with Gasteiger partial charge in [0, 0.05) is 49.5 Å². The van der Waals surface area contributed by atoms with Crippen LogP contribution in [-0.2, 0) is 25.9 Å². The molecule has 0 spiro atoms. The summed E-state index contributed by atoms with van der Waals surface area (Å²) in [5, 5.41) is 8.80. The summed E-state index contributed by atoms with van der Waals surface area (Å²) in [6.07, 6.45) is 9.18. The van der Waals surface area contributed by atoms with Gasteiger partial charge in [-0.05, 0) is 46.1 Å².